The van der Waals surface area contributed by atoms with Crippen LogP contribution in [0.25, 0.3) is 11.5 Å². The molecule has 1 aliphatic rings. The molecule has 1 saturated carbocycles. The van der Waals surface area contributed by atoms with Crippen LogP contribution < -0.4 is 5.73 Å². The molecule has 6 nitrogen and oxygen atoms in total. The van der Waals surface area contributed by atoms with Gasteiger partial charge in [0.15, 0.2) is 5.82 Å². The Morgan fingerprint density at radius 3 is 2.69 bits per heavy atom. The van der Waals surface area contributed by atoms with Gasteiger partial charge in [0.05, 0.1) is 0 Å². The highest BCUT2D eigenvalue weighted by atomic mass is 15.2. The molecule has 1 aliphatic carbocycles. The van der Waals surface area contributed by atoms with Crippen LogP contribution in [0.2, 0.25) is 0 Å². The van der Waals surface area contributed by atoms with Gasteiger partial charge in [-0.15, -0.1) is 0 Å². The van der Waals surface area contributed by atoms with Gasteiger partial charge in [-0.25, -0.2) is 4.98 Å². The van der Waals surface area contributed by atoms with Crippen LogP contribution in [-0.2, 0) is 0 Å². The SMILES string of the molecule is Nc1cc(-c2n[nH]c(C3CCCC3)n2)[nH]n1. The zero-order valence-corrected chi connectivity index (χ0v) is 8.90. The van der Waals surface area contributed by atoms with Gasteiger partial charge in [-0.1, -0.05) is 12.8 Å². The number of aromatic nitrogens is 5. The Kier molecular flexibility index (Phi) is 2.12. The first-order valence-corrected chi connectivity index (χ1v) is 5.56. The zero-order chi connectivity index (χ0) is 11.0. The second-order valence-electron chi connectivity index (χ2n) is 4.23. The molecule has 0 aliphatic heterocycles. The molecule has 0 aromatic carbocycles. The predicted octanol–water partition coefficient (Wildman–Crippen LogP) is 1.43. The van der Waals surface area contributed by atoms with Crippen molar-refractivity contribution in [2.45, 2.75) is 31.6 Å². The van der Waals surface area contributed by atoms with Crippen LogP contribution in [0.5, 0.6) is 0 Å². The number of nitrogens with two attached hydrogens (primary N) is 1. The van der Waals surface area contributed by atoms with Crippen molar-refractivity contribution in [1.82, 2.24) is 25.4 Å². The third kappa shape index (κ3) is 1.56. The third-order valence-corrected chi connectivity index (χ3v) is 3.08. The number of hydrogen-bond donors (Lipinski definition) is 3. The minimum absolute atomic E-state index is 0.460. The fourth-order valence-electron chi connectivity index (χ4n) is 2.23. The molecule has 16 heavy (non-hydrogen) atoms. The Hall–Kier alpha value is -1.85. The predicted molar refractivity (Wildman–Crippen MR) is 59.6 cm³/mol. The van der Waals surface area contributed by atoms with Gasteiger partial charge in [-0.2, -0.15) is 10.2 Å². The summed E-state index contributed by atoms with van der Waals surface area (Å²) in [6.45, 7) is 0. The summed E-state index contributed by atoms with van der Waals surface area (Å²) in [7, 11) is 0. The highest BCUT2D eigenvalue weighted by Crippen LogP contribution is 2.32. The molecule has 1 fully saturated rings. The second kappa shape index (κ2) is 3.62. The number of aromatic amines is 2. The van der Waals surface area contributed by atoms with E-state index in [1.807, 2.05) is 0 Å². The van der Waals surface area contributed by atoms with E-state index in [2.05, 4.69) is 25.4 Å². The number of H-pyrrole nitrogens is 2. The summed E-state index contributed by atoms with van der Waals surface area (Å²) in [6.07, 6.45) is 4.99. The van der Waals surface area contributed by atoms with Crippen LogP contribution in [0.15, 0.2) is 6.07 Å². The molecule has 0 radical (unpaired) electrons. The lowest BCUT2D eigenvalue weighted by Crippen LogP contribution is -1.94. The van der Waals surface area contributed by atoms with Crippen molar-refractivity contribution >= 4 is 5.82 Å². The molecule has 2 aromatic heterocycles. The first-order chi connectivity index (χ1) is 7.83. The number of nitrogens with zero attached hydrogens (tertiary/aromatic N) is 3. The first-order valence-electron chi connectivity index (χ1n) is 5.56. The summed E-state index contributed by atoms with van der Waals surface area (Å²) in [5, 5.41) is 13.9. The van der Waals surface area contributed by atoms with Crippen LogP contribution in [0.4, 0.5) is 5.82 Å². The Morgan fingerprint density at radius 1 is 1.19 bits per heavy atom. The van der Waals surface area contributed by atoms with Gasteiger partial charge < -0.3 is 5.73 Å². The van der Waals surface area contributed by atoms with Gasteiger partial charge in [0.2, 0.25) is 0 Å². The average molecular weight is 218 g/mol. The highest BCUT2D eigenvalue weighted by molar-refractivity contribution is 5.53. The summed E-state index contributed by atoms with van der Waals surface area (Å²) >= 11 is 0. The lowest BCUT2D eigenvalue weighted by molar-refractivity contribution is 0.672. The molecule has 3 rings (SSSR count). The Morgan fingerprint density at radius 2 is 2.00 bits per heavy atom. The third-order valence-electron chi connectivity index (χ3n) is 3.08. The summed E-state index contributed by atoms with van der Waals surface area (Å²) in [5.74, 6) is 2.63. The van der Waals surface area contributed by atoms with E-state index in [1.54, 1.807) is 6.07 Å². The Labute approximate surface area is 92.7 Å². The Balaban J connectivity index is 1.87. The van der Waals surface area contributed by atoms with Gasteiger partial charge in [-0.3, -0.25) is 10.2 Å². The average Bonchev–Trinajstić information content (AvgIpc) is 2.97. The monoisotopic (exact) mass is 218 g/mol. The summed E-state index contributed by atoms with van der Waals surface area (Å²) < 4.78 is 0. The maximum absolute atomic E-state index is 5.54. The van der Waals surface area contributed by atoms with Crippen molar-refractivity contribution in [2.75, 3.05) is 5.73 Å². The van der Waals surface area contributed by atoms with E-state index in [4.69, 9.17) is 5.73 Å². The fraction of sp³-hybridized carbons (Fsp3) is 0.500. The van der Waals surface area contributed by atoms with Crippen LogP contribution in [0, 0.1) is 0 Å². The van der Waals surface area contributed by atoms with Crippen molar-refractivity contribution < 1.29 is 0 Å². The van der Waals surface area contributed by atoms with Crippen LogP contribution >= 0.6 is 0 Å². The summed E-state index contributed by atoms with van der Waals surface area (Å²) in [5.41, 5.74) is 6.30. The zero-order valence-electron chi connectivity index (χ0n) is 8.90. The minimum atomic E-state index is 0.460. The van der Waals surface area contributed by atoms with E-state index in [1.165, 1.54) is 25.7 Å². The first kappa shape index (κ1) is 9.38. The molecule has 0 spiro atoms. The van der Waals surface area contributed by atoms with Gasteiger partial charge >= 0.3 is 0 Å². The maximum Gasteiger partial charge on any atom is 0.199 e. The van der Waals surface area contributed by atoms with Gasteiger partial charge in [-0.05, 0) is 12.8 Å². The van der Waals surface area contributed by atoms with Crippen molar-refractivity contribution in [3.8, 4) is 11.5 Å². The normalized spacial score (nSPS) is 17.0. The van der Waals surface area contributed by atoms with Crippen molar-refractivity contribution in [3.63, 3.8) is 0 Å². The molecule has 2 aromatic rings. The molecule has 0 unspecified atom stereocenters. The topological polar surface area (TPSA) is 96.3 Å². The van der Waals surface area contributed by atoms with Crippen molar-refractivity contribution in [2.24, 2.45) is 0 Å². The van der Waals surface area contributed by atoms with Gasteiger partial charge in [0.25, 0.3) is 0 Å². The van der Waals surface area contributed by atoms with E-state index in [0.717, 1.165) is 11.5 Å². The van der Waals surface area contributed by atoms with E-state index < -0.39 is 0 Å². The summed E-state index contributed by atoms with van der Waals surface area (Å²) in [4.78, 5) is 4.48. The molecular weight excluding hydrogens is 204 g/mol. The quantitative estimate of drug-likeness (QED) is 0.710. The van der Waals surface area contributed by atoms with Crippen molar-refractivity contribution in [1.29, 1.82) is 0 Å². The van der Waals surface area contributed by atoms with E-state index in [0.29, 0.717) is 17.6 Å². The molecule has 0 atom stereocenters. The van der Waals surface area contributed by atoms with Crippen molar-refractivity contribution in [3.05, 3.63) is 11.9 Å². The lowest BCUT2D eigenvalue weighted by atomic mass is 10.1. The lowest BCUT2D eigenvalue weighted by Gasteiger charge is -2.01. The molecule has 6 heteroatoms. The molecule has 4 N–H and O–H groups in total. The largest absolute Gasteiger partial charge is 0.382 e. The summed E-state index contributed by atoms with van der Waals surface area (Å²) in [6, 6.07) is 1.74. The molecular formula is C10H14N6. The molecule has 0 bridgehead atoms. The number of rotatable bonds is 2. The molecule has 84 valence electrons. The fourth-order valence-corrected chi connectivity index (χ4v) is 2.23. The minimum Gasteiger partial charge on any atom is -0.382 e. The Bertz CT molecular complexity index is 479. The number of hydrogen-bond acceptors (Lipinski definition) is 4. The van der Waals surface area contributed by atoms with E-state index in [-0.39, 0.29) is 0 Å². The number of nitrogen functional groups attached to an aromatic ring is 1. The van der Waals surface area contributed by atoms with E-state index in [9.17, 15) is 0 Å². The second-order valence-corrected chi connectivity index (χ2v) is 4.23. The van der Waals surface area contributed by atoms with Crippen LogP contribution in [0.3, 0.4) is 0 Å². The van der Waals surface area contributed by atoms with Crippen LogP contribution in [-0.4, -0.2) is 25.4 Å². The van der Waals surface area contributed by atoms with Gasteiger partial charge in [0.1, 0.15) is 17.3 Å². The van der Waals surface area contributed by atoms with Gasteiger partial charge in [0, 0.05) is 12.0 Å². The molecule has 0 saturated heterocycles. The highest BCUT2D eigenvalue weighted by Gasteiger charge is 2.21. The maximum atomic E-state index is 5.54. The number of nitrogens with one attached hydrogen (secondary N) is 2. The van der Waals surface area contributed by atoms with Crippen LogP contribution in [0.1, 0.15) is 37.4 Å². The molecule has 0 amide bonds. The standard InChI is InChI=1S/C10H14N6/c11-8-5-7(13-14-8)10-12-9(15-16-10)6-3-1-2-4-6/h5-6H,1-4H2,(H3,11,13,14)(H,12,15,16). The molecule has 2 heterocycles. The smallest absolute Gasteiger partial charge is 0.199 e. The van der Waals surface area contributed by atoms with E-state index >= 15 is 0 Å². The number of anilines is 1.